The highest BCUT2D eigenvalue weighted by atomic mass is 16.4. The molecule has 1 saturated heterocycles. The number of hydrogen-bond acceptors (Lipinski definition) is 3. The smallest absolute Gasteiger partial charge is 0.306 e. The first-order valence-corrected chi connectivity index (χ1v) is 9.01. The summed E-state index contributed by atoms with van der Waals surface area (Å²) in [6.07, 6.45) is 3.64. The molecular weight excluding hydrogens is 318 g/mol. The first kappa shape index (κ1) is 16.1. The van der Waals surface area contributed by atoms with Crippen molar-refractivity contribution in [3.8, 4) is 0 Å². The van der Waals surface area contributed by atoms with Crippen LogP contribution in [0.4, 0.5) is 0 Å². The van der Waals surface area contributed by atoms with Gasteiger partial charge in [0.25, 0.3) is 0 Å². The molecule has 1 saturated carbocycles. The molecule has 2 fully saturated rings. The van der Waals surface area contributed by atoms with Gasteiger partial charge in [0.1, 0.15) is 5.82 Å². The molecule has 1 aliphatic heterocycles. The maximum atomic E-state index is 13.0. The zero-order valence-electron chi connectivity index (χ0n) is 14.4. The van der Waals surface area contributed by atoms with E-state index in [0.717, 1.165) is 36.2 Å². The van der Waals surface area contributed by atoms with Gasteiger partial charge in [-0.2, -0.15) is 0 Å². The number of nitrogens with zero attached hydrogens (tertiary/aromatic N) is 3. The molecule has 1 aliphatic carbocycles. The molecule has 4 rings (SSSR count). The van der Waals surface area contributed by atoms with Crippen LogP contribution in [-0.2, 0) is 16.6 Å². The molecule has 1 aromatic heterocycles. The number of aromatic nitrogens is 2. The lowest BCUT2D eigenvalue weighted by molar-refractivity contribution is -0.141. The van der Waals surface area contributed by atoms with Crippen molar-refractivity contribution in [3.05, 3.63) is 30.1 Å². The number of carboxylic acids is 1. The summed E-state index contributed by atoms with van der Waals surface area (Å²) in [7, 11) is 2.00. The van der Waals surface area contributed by atoms with E-state index in [0.29, 0.717) is 19.3 Å². The zero-order chi connectivity index (χ0) is 17.6. The number of aliphatic carboxylic acids is 1. The molecule has 0 bridgehead atoms. The molecule has 3 atom stereocenters. The van der Waals surface area contributed by atoms with Gasteiger partial charge in [0, 0.05) is 19.5 Å². The van der Waals surface area contributed by atoms with Gasteiger partial charge in [-0.1, -0.05) is 12.1 Å². The minimum atomic E-state index is -0.774. The number of para-hydroxylation sites is 2. The summed E-state index contributed by atoms with van der Waals surface area (Å²) in [6, 6.07) is 8.00. The van der Waals surface area contributed by atoms with Crippen molar-refractivity contribution in [1.29, 1.82) is 0 Å². The molecule has 1 unspecified atom stereocenters. The van der Waals surface area contributed by atoms with Crippen LogP contribution in [0, 0.1) is 11.8 Å². The van der Waals surface area contributed by atoms with Crippen molar-refractivity contribution >= 4 is 22.9 Å². The molecule has 2 aliphatic rings. The number of carboxylic acid groups (broad SMARTS) is 1. The maximum absolute atomic E-state index is 13.0. The Morgan fingerprint density at radius 3 is 2.64 bits per heavy atom. The van der Waals surface area contributed by atoms with Crippen LogP contribution in [0.15, 0.2) is 24.3 Å². The second-order valence-corrected chi connectivity index (χ2v) is 7.25. The first-order chi connectivity index (χ1) is 12.1. The Balaban J connectivity index is 1.59. The lowest BCUT2D eigenvalue weighted by atomic mass is 10.0. The lowest BCUT2D eigenvalue weighted by Gasteiger charge is -2.27. The van der Waals surface area contributed by atoms with Gasteiger partial charge < -0.3 is 14.6 Å². The van der Waals surface area contributed by atoms with E-state index in [1.807, 2.05) is 36.2 Å². The standard InChI is InChI=1S/C19H23N3O3/c1-21-15-6-3-2-5-14(15)20-17(21)16-7-4-10-22(16)18(23)12-8-9-13(11-12)19(24)25/h2-3,5-6,12-13,16H,4,7-11H2,1H3,(H,24,25)/t12-,13+,16?/m1/s1. The SMILES string of the molecule is Cn1c(C2CCCN2C(=O)[C@@H]2CC[C@H](C(=O)O)C2)nc2ccccc21. The van der Waals surface area contributed by atoms with Gasteiger partial charge in [-0.15, -0.1) is 0 Å². The Hall–Kier alpha value is -2.37. The number of hydrogen-bond donors (Lipinski definition) is 1. The van der Waals surface area contributed by atoms with Crippen molar-refractivity contribution in [1.82, 2.24) is 14.5 Å². The van der Waals surface area contributed by atoms with E-state index < -0.39 is 5.97 Å². The van der Waals surface area contributed by atoms with E-state index in [2.05, 4.69) is 4.57 Å². The van der Waals surface area contributed by atoms with E-state index in [9.17, 15) is 14.7 Å². The van der Waals surface area contributed by atoms with Crippen LogP contribution in [-0.4, -0.2) is 38.0 Å². The molecule has 2 heterocycles. The summed E-state index contributed by atoms with van der Waals surface area (Å²) in [4.78, 5) is 30.9. The highest BCUT2D eigenvalue weighted by molar-refractivity contribution is 5.82. The molecule has 6 nitrogen and oxygen atoms in total. The number of rotatable bonds is 3. The third-order valence-corrected chi connectivity index (χ3v) is 5.79. The Kier molecular flexibility index (Phi) is 3.98. The number of carbonyl (C=O) groups is 2. The van der Waals surface area contributed by atoms with E-state index in [1.54, 1.807) is 0 Å². The Bertz CT molecular complexity index is 828. The van der Waals surface area contributed by atoms with Crippen LogP contribution in [0.5, 0.6) is 0 Å². The highest BCUT2D eigenvalue weighted by Crippen LogP contribution is 2.38. The van der Waals surface area contributed by atoms with E-state index in [-0.39, 0.29) is 23.8 Å². The lowest BCUT2D eigenvalue weighted by Crippen LogP contribution is -2.36. The van der Waals surface area contributed by atoms with Crippen LogP contribution in [0.1, 0.15) is 44.0 Å². The van der Waals surface area contributed by atoms with Crippen molar-refractivity contribution in [2.24, 2.45) is 18.9 Å². The summed E-state index contributed by atoms with van der Waals surface area (Å²) in [6.45, 7) is 0.737. The van der Waals surface area contributed by atoms with Gasteiger partial charge >= 0.3 is 5.97 Å². The Morgan fingerprint density at radius 1 is 1.16 bits per heavy atom. The van der Waals surface area contributed by atoms with Crippen LogP contribution in [0.2, 0.25) is 0 Å². The topological polar surface area (TPSA) is 75.4 Å². The number of imidazole rings is 1. The third-order valence-electron chi connectivity index (χ3n) is 5.79. The molecule has 25 heavy (non-hydrogen) atoms. The second-order valence-electron chi connectivity index (χ2n) is 7.25. The fraction of sp³-hybridized carbons (Fsp3) is 0.526. The second kappa shape index (κ2) is 6.17. The van der Waals surface area contributed by atoms with Crippen molar-refractivity contribution < 1.29 is 14.7 Å². The van der Waals surface area contributed by atoms with Gasteiger partial charge in [-0.3, -0.25) is 9.59 Å². The third kappa shape index (κ3) is 2.69. The van der Waals surface area contributed by atoms with Gasteiger partial charge in [0.2, 0.25) is 5.91 Å². The molecular formula is C19H23N3O3. The molecule has 2 aromatic rings. The number of aryl methyl sites for hydroxylation is 1. The van der Waals surface area contributed by atoms with Crippen LogP contribution in [0.3, 0.4) is 0 Å². The molecule has 132 valence electrons. The summed E-state index contributed by atoms with van der Waals surface area (Å²) < 4.78 is 2.08. The number of fused-ring (bicyclic) bond motifs is 1. The highest BCUT2D eigenvalue weighted by Gasteiger charge is 2.40. The van der Waals surface area contributed by atoms with Crippen LogP contribution >= 0.6 is 0 Å². The van der Waals surface area contributed by atoms with Crippen molar-refractivity contribution in [2.75, 3.05) is 6.54 Å². The molecule has 0 spiro atoms. The van der Waals surface area contributed by atoms with E-state index in [4.69, 9.17) is 4.98 Å². The molecule has 1 amide bonds. The summed E-state index contributed by atoms with van der Waals surface area (Å²) in [5, 5.41) is 9.19. The maximum Gasteiger partial charge on any atom is 0.306 e. The van der Waals surface area contributed by atoms with Crippen LogP contribution < -0.4 is 0 Å². The van der Waals surface area contributed by atoms with Crippen molar-refractivity contribution in [3.63, 3.8) is 0 Å². The molecule has 6 heteroatoms. The molecule has 0 radical (unpaired) electrons. The quantitative estimate of drug-likeness (QED) is 0.931. The Morgan fingerprint density at radius 2 is 1.92 bits per heavy atom. The van der Waals surface area contributed by atoms with Crippen molar-refractivity contribution in [2.45, 2.75) is 38.1 Å². The minimum absolute atomic E-state index is 0.00576. The predicted octanol–water partition coefficient (Wildman–Crippen LogP) is 2.74. The number of amides is 1. The predicted molar refractivity (Wildman–Crippen MR) is 92.9 cm³/mol. The number of likely N-dealkylation sites (tertiary alicyclic amines) is 1. The fourth-order valence-electron chi connectivity index (χ4n) is 4.43. The number of benzene rings is 1. The summed E-state index contributed by atoms with van der Waals surface area (Å²) >= 11 is 0. The fourth-order valence-corrected chi connectivity index (χ4v) is 4.43. The zero-order valence-corrected chi connectivity index (χ0v) is 14.4. The van der Waals surface area contributed by atoms with E-state index >= 15 is 0 Å². The molecule has 1 aromatic carbocycles. The number of carbonyl (C=O) groups excluding carboxylic acids is 1. The van der Waals surface area contributed by atoms with E-state index in [1.165, 1.54) is 0 Å². The van der Waals surface area contributed by atoms with Gasteiger partial charge in [-0.25, -0.2) is 4.98 Å². The van der Waals surface area contributed by atoms with Gasteiger partial charge in [0.05, 0.1) is 23.0 Å². The summed E-state index contributed by atoms with van der Waals surface area (Å²) in [5.74, 6) is -0.260. The molecule has 1 N–H and O–H groups in total. The largest absolute Gasteiger partial charge is 0.481 e. The Labute approximate surface area is 146 Å². The van der Waals surface area contributed by atoms with Gasteiger partial charge in [-0.05, 0) is 44.2 Å². The minimum Gasteiger partial charge on any atom is -0.481 e. The summed E-state index contributed by atoms with van der Waals surface area (Å²) in [5.41, 5.74) is 2.02. The first-order valence-electron chi connectivity index (χ1n) is 9.01. The normalized spacial score (nSPS) is 26.4. The van der Waals surface area contributed by atoms with Crippen LogP contribution in [0.25, 0.3) is 11.0 Å². The van der Waals surface area contributed by atoms with Gasteiger partial charge in [0.15, 0.2) is 0 Å². The average molecular weight is 341 g/mol. The monoisotopic (exact) mass is 341 g/mol. The average Bonchev–Trinajstić information content (AvgIpc) is 3.33.